The molecule has 110 valence electrons. The first-order valence-corrected chi connectivity index (χ1v) is 7.10. The Labute approximate surface area is 130 Å². The van der Waals surface area contributed by atoms with Gasteiger partial charge >= 0.3 is 0 Å². The summed E-state index contributed by atoms with van der Waals surface area (Å²) in [5, 5.41) is 0. The number of benzene rings is 2. The number of hydrogen-bond donors (Lipinski definition) is 0. The predicted molar refractivity (Wildman–Crippen MR) is 90.4 cm³/mol. The zero-order chi connectivity index (χ0) is 15.9. The van der Waals surface area contributed by atoms with Crippen molar-refractivity contribution in [2.24, 2.45) is 0 Å². The molecule has 0 saturated heterocycles. The van der Waals surface area contributed by atoms with E-state index >= 15 is 0 Å². The quantitative estimate of drug-likeness (QED) is 0.470. The third-order valence-corrected chi connectivity index (χ3v) is 3.39. The van der Waals surface area contributed by atoms with Crippen LogP contribution in [0.2, 0.25) is 0 Å². The van der Waals surface area contributed by atoms with Crippen molar-refractivity contribution in [3.8, 4) is 0 Å². The van der Waals surface area contributed by atoms with Gasteiger partial charge in [-0.25, -0.2) is 0 Å². The molecule has 2 rings (SSSR count). The molecule has 0 saturated carbocycles. The highest BCUT2D eigenvalue weighted by molar-refractivity contribution is 6.02. The minimum Gasteiger partial charge on any atom is -0.298 e. The van der Waals surface area contributed by atoms with E-state index in [1.807, 2.05) is 62.4 Å². The summed E-state index contributed by atoms with van der Waals surface area (Å²) in [6, 6.07) is 15.6. The van der Waals surface area contributed by atoms with Crippen LogP contribution in [-0.2, 0) is 9.59 Å². The second-order valence-corrected chi connectivity index (χ2v) is 5.26. The molecule has 0 spiro atoms. The van der Waals surface area contributed by atoms with Crippen molar-refractivity contribution < 1.29 is 9.59 Å². The van der Waals surface area contributed by atoms with Crippen molar-refractivity contribution in [2.75, 3.05) is 0 Å². The van der Waals surface area contributed by atoms with E-state index in [2.05, 4.69) is 0 Å². The summed E-state index contributed by atoms with van der Waals surface area (Å²) in [6.07, 6.45) is 4.88. The Morgan fingerprint density at radius 3 is 1.23 bits per heavy atom. The van der Waals surface area contributed by atoms with Crippen molar-refractivity contribution in [1.82, 2.24) is 0 Å². The van der Waals surface area contributed by atoms with Crippen molar-refractivity contribution >= 4 is 24.7 Å². The minimum absolute atomic E-state index is 0.374. The first-order chi connectivity index (χ1) is 10.6. The summed E-state index contributed by atoms with van der Waals surface area (Å²) < 4.78 is 0. The van der Waals surface area contributed by atoms with Crippen LogP contribution in [0.25, 0.3) is 12.2 Å². The molecule has 0 unspecified atom stereocenters. The molecular formula is C20H18O2. The molecule has 0 aliphatic carbocycles. The second-order valence-electron chi connectivity index (χ2n) is 5.26. The fraction of sp³-hybridized carbons (Fsp3) is 0.100. The highest BCUT2D eigenvalue weighted by Gasteiger charge is 2.04. The van der Waals surface area contributed by atoms with Gasteiger partial charge in [0, 0.05) is 11.1 Å². The minimum atomic E-state index is 0.374. The normalized spacial score (nSPS) is 12.1. The van der Waals surface area contributed by atoms with E-state index in [4.69, 9.17) is 0 Å². The zero-order valence-electron chi connectivity index (χ0n) is 12.7. The maximum atomic E-state index is 11.4. The van der Waals surface area contributed by atoms with Crippen molar-refractivity contribution in [3.63, 3.8) is 0 Å². The molecule has 0 aliphatic heterocycles. The Bertz CT molecular complexity index is 652. The molecule has 0 heterocycles. The number of hydrogen-bond acceptors (Lipinski definition) is 2. The molecule has 0 fully saturated rings. The van der Waals surface area contributed by atoms with Gasteiger partial charge in [-0.3, -0.25) is 9.59 Å². The van der Waals surface area contributed by atoms with Crippen LogP contribution in [-0.4, -0.2) is 12.6 Å². The molecule has 0 N–H and O–H groups in total. The van der Waals surface area contributed by atoms with E-state index in [9.17, 15) is 9.59 Å². The summed E-state index contributed by atoms with van der Waals surface area (Å²) in [5.41, 5.74) is 4.83. The maximum Gasteiger partial charge on any atom is 0.150 e. The number of aryl methyl sites for hydroxylation is 2. The smallest absolute Gasteiger partial charge is 0.150 e. The Kier molecular flexibility index (Phi) is 5.21. The van der Waals surface area contributed by atoms with Crippen LogP contribution in [0.15, 0.2) is 59.7 Å². The lowest BCUT2D eigenvalue weighted by atomic mass is 10.0. The first-order valence-electron chi connectivity index (χ1n) is 7.10. The van der Waals surface area contributed by atoms with E-state index in [0.29, 0.717) is 23.7 Å². The third-order valence-electron chi connectivity index (χ3n) is 3.39. The summed E-state index contributed by atoms with van der Waals surface area (Å²) in [5.74, 6) is 0. The Morgan fingerprint density at radius 1 is 0.636 bits per heavy atom. The van der Waals surface area contributed by atoms with Gasteiger partial charge < -0.3 is 0 Å². The highest BCUT2D eigenvalue weighted by Crippen LogP contribution is 2.16. The molecule has 0 bridgehead atoms. The van der Waals surface area contributed by atoms with Gasteiger partial charge in [0.15, 0.2) is 12.6 Å². The molecule has 2 aromatic carbocycles. The molecule has 0 aromatic heterocycles. The standard InChI is InChI=1S/C20H18O2/c1-15-3-7-17(8-4-15)11-19(13-21)20(14-22)12-18-9-5-16(2)6-10-18/h3-14H,1-2H3/b19-11+,20-12+. The number of carbonyl (C=O) groups is 2. The van der Waals surface area contributed by atoms with Gasteiger partial charge in [0.2, 0.25) is 0 Å². The number of aldehydes is 2. The first kappa shape index (κ1) is 15.6. The lowest BCUT2D eigenvalue weighted by Gasteiger charge is -2.02. The van der Waals surface area contributed by atoms with Gasteiger partial charge in [0.1, 0.15) is 0 Å². The van der Waals surface area contributed by atoms with Crippen LogP contribution >= 0.6 is 0 Å². The van der Waals surface area contributed by atoms with Crippen molar-refractivity contribution in [2.45, 2.75) is 13.8 Å². The van der Waals surface area contributed by atoms with Gasteiger partial charge in [-0.05, 0) is 37.1 Å². The van der Waals surface area contributed by atoms with Crippen LogP contribution in [0.3, 0.4) is 0 Å². The molecule has 22 heavy (non-hydrogen) atoms. The van der Waals surface area contributed by atoms with Crippen LogP contribution < -0.4 is 0 Å². The van der Waals surface area contributed by atoms with Gasteiger partial charge in [-0.1, -0.05) is 59.7 Å². The molecule has 0 radical (unpaired) electrons. The number of carbonyl (C=O) groups excluding carboxylic acids is 2. The summed E-state index contributed by atoms with van der Waals surface area (Å²) in [7, 11) is 0. The molecule has 0 atom stereocenters. The molecule has 2 heteroatoms. The van der Waals surface area contributed by atoms with E-state index in [0.717, 1.165) is 22.3 Å². The third kappa shape index (κ3) is 4.13. The lowest BCUT2D eigenvalue weighted by molar-refractivity contribution is -0.107. The van der Waals surface area contributed by atoms with E-state index in [-0.39, 0.29) is 0 Å². The summed E-state index contributed by atoms with van der Waals surface area (Å²) in [4.78, 5) is 22.7. The fourth-order valence-corrected chi connectivity index (χ4v) is 2.06. The average molecular weight is 290 g/mol. The maximum absolute atomic E-state index is 11.4. The molecule has 2 aromatic rings. The molecule has 0 aliphatic rings. The Balaban J connectivity index is 2.37. The Morgan fingerprint density at radius 2 is 0.955 bits per heavy atom. The van der Waals surface area contributed by atoms with Gasteiger partial charge in [-0.2, -0.15) is 0 Å². The van der Waals surface area contributed by atoms with E-state index < -0.39 is 0 Å². The average Bonchev–Trinajstić information content (AvgIpc) is 2.54. The van der Waals surface area contributed by atoms with Gasteiger partial charge in [0.05, 0.1) is 0 Å². The lowest BCUT2D eigenvalue weighted by Crippen LogP contribution is -1.93. The van der Waals surface area contributed by atoms with Crippen LogP contribution in [0.1, 0.15) is 22.3 Å². The van der Waals surface area contributed by atoms with Crippen molar-refractivity contribution in [3.05, 3.63) is 81.9 Å². The van der Waals surface area contributed by atoms with Crippen LogP contribution in [0.4, 0.5) is 0 Å². The fourth-order valence-electron chi connectivity index (χ4n) is 2.06. The van der Waals surface area contributed by atoms with Gasteiger partial charge in [0.25, 0.3) is 0 Å². The van der Waals surface area contributed by atoms with E-state index in [1.165, 1.54) is 0 Å². The highest BCUT2D eigenvalue weighted by atomic mass is 16.1. The van der Waals surface area contributed by atoms with Crippen molar-refractivity contribution in [1.29, 1.82) is 0 Å². The Hall–Kier alpha value is -2.74. The van der Waals surface area contributed by atoms with Gasteiger partial charge in [-0.15, -0.1) is 0 Å². The number of allylic oxidation sites excluding steroid dienone is 2. The number of rotatable bonds is 5. The topological polar surface area (TPSA) is 34.1 Å². The molecule has 0 amide bonds. The SMILES string of the molecule is Cc1ccc(/C=C(C=O)/C(C=O)=C/c2ccc(C)cc2)cc1. The second kappa shape index (κ2) is 7.32. The summed E-state index contributed by atoms with van der Waals surface area (Å²) >= 11 is 0. The molecular weight excluding hydrogens is 272 g/mol. The monoisotopic (exact) mass is 290 g/mol. The summed E-state index contributed by atoms with van der Waals surface area (Å²) in [6.45, 7) is 4.00. The van der Waals surface area contributed by atoms with Crippen LogP contribution in [0, 0.1) is 13.8 Å². The van der Waals surface area contributed by atoms with Crippen LogP contribution in [0.5, 0.6) is 0 Å². The zero-order valence-corrected chi connectivity index (χ0v) is 12.7. The largest absolute Gasteiger partial charge is 0.298 e. The predicted octanol–water partition coefficient (Wildman–Crippen LogP) is 4.17. The molecule has 2 nitrogen and oxygen atoms in total. The van der Waals surface area contributed by atoms with E-state index in [1.54, 1.807) is 12.2 Å².